The van der Waals surface area contributed by atoms with E-state index in [9.17, 15) is 0 Å². The summed E-state index contributed by atoms with van der Waals surface area (Å²) in [5.74, 6) is 0. The van der Waals surface area contributed by atoms with Gasteiger partial charge in [-0.05, 0) is 12.0 Å². The van der Waals surface area contributed by atoms with Crippen LogP contribution in [0.5, 0.6) is 0 Å². The van der Waals surface area contributed by atoms with Crippen molar-refractivity contribution in [3.63, 3.8) is 0 Å². The van der Waals surface area contributed by atoms with Gasteiger partial charge in [-0.15, -0.1) is 12.4 Å². The van der Waals surface area contributed by atoms with Gasteiger partial charge in [0.1, 0.15) is 0 Å². The second-order valence-electron chi connectivity index (χ2n) is 5.99. The Labute approximate surface area is 138 Å². The second-order valence-corrected chi connectivity index (χ2v) is 5.99. The van der Waals surface area contributed by atoms with E-state index >= 15 is 0 Å². The minimum absolute atomic E-state index is 0. The highest BCUT2D eigenvalue weighted by molar-refractivity contribution is 5.85. The molecule has 2 N–H and O–H groups in total. The Morgan fingerprint density at radius 3 is 1.76 bits per heavy atom. The molecule has 0 amide bonds. The summed E-state index contributed by atoms with van der Waals surface area (Å²) in [5.41, 5.74) is 7.48. The van der Waals surface area contributed by atoms with Gasteiger partial charge in [-0.3, -0.25) is 0 Å². The third kappa shape index (κ3) is 10.8. The number of hydrogen-bond acceptors (Lipinski definition) is 1. The predicted octanol–water partition coefficient (Wildman–Crippen LogP) is 6.42. The van der Waals surface area contributed by atoms with Crippen LogP contribution < -0.4 is 5.73 Å². The van der Waals surface area contributed by atoms with Gasteiger partial charge in [0.2, 0.25) is 0 Å². The predicted molar refractivity (Wildman–Crippen MR) is 97.1 cm³/mol. The van der Waals surface area contributed by atoms with Crippen molar-refractivity contribution >= 4 is 12.4 Å². The van der Waals surface area contributed by atoms with Crippen LogP contribution in [-0.4, -0.2) is 0 Å². The average molecular weight is 312 g/mol. The topological polar surface area (TPSA) is 26.0 Å². The molecular formula is C19H34ClN. The molecule has 1 unspecified atom stereocenters. The maximum Gasteiger partial charge on any atom is 0.0294 e. The summed E-state index contributed by atoms with van der Waals surface area (Å²) < 4.78 is 0. The van der Waals surface area contributed by atoms with Crippen LogP contribution in [0, 0.1) is 0 Å². The summed E-state index contributed by atoms with van der Waals surface area (Å²) in [4.78, 5) is 0. The third-order valence-corrected chi connectivity index (χ3v) is 4.10. The Hall–Kier alpha value is -0.530. The van der Waals surface area contributed by atoms with E-state index in [1.807, 2.05) is 0 Å². The van der Waals surface area contributed by atoms with Gasteiger partial charge in [0.25, 0.3) is 0 Å². The molecule has 1 atom stereocenters. The van der Waals surface area contributed by atoms with E-state index in [4.69, 9.17) is 5.73 Å². The largest absolute Gasteiger partial charge is 0.324 e. The summed E-state index contributed by atoms with van der Waals surface area (Å²) in [6, 6.07) is 10.7. The van der Waals surface area contributed by atoms with Crippen LogP contribution in [0.2, 0.25) is 0 Å². The minimum atomic E-state index is 0. The van der Waals surface area contributed by atoms with Crippen molar-refractivity contribution in [1.82, 2.24) is 0 Å². The lowest BCUT2D eigenvalue weighted by atomic mass is 10.00. The lowest BCUT2D eigenvalue weighted by Crippen LogP contribution is -2.09. The molecule has 0 aromatic heterocycles. The van der Waals surface area contributed by atoms with Gasteiger partial charge in [0, 0.05) is 6.04 Å². The van der Waals surface area contributed by atoms with Crippen LogP contribution in [0.4, 0.5) is 0 Å². The van der Waals surface area contributed by atoms with E-state index in [2.05, 4.69) is 37.3 Å². The molecule has 0 spiro atoms. The number of benzene rings is 1. The van der Waals surface area contributed by atoms with E-state index in [1.54, 1.807) is 0 Å². The molecular weight excluding hydrogens is 278 g/mol. The zero-order chi connectivity index (χ0) is 14.5. The highest BCUT2D eigenvalue weighted by Crippen LogP contribution is 2.18. The van der Waals surface area contributed by atoms with Crippen molar-refractivity contribution in [2.24, 2.45) is 5.73 Å². The standard InChI is InChI=1S/C19H33N.ClH/c1-2-3-4-5-6-7-8-9-10-14-17-19(20)18-15-12-11-13-16-18;/h11-13,15-16,19H,2-10,14,17,20H2,1H3;1H. The van der Waals surface area contributed by atoms with Gasteiger partial charge in [0.05, 0.1) is 0 Å². The van der Waals surface area contributed by atoms with Gasteiger partial charge < -0.3 is 5.73 Å². The molecule has 21 heavy (non-hydrogen) atoms. The lowest BCUT2D eigenvalue weighted by molar-refractivity contribution is 0.529. The Morgan fingerprint density at radius 1 is 0.762 bits per heavy atom. The molecule has 1 aromatic rings. The van der Waals surface area contributed by atoms with Crippen LogP contribution in [0.1, 0.15) is 89.2 Å². The Balaban J connectivity index is 0.00000400. The summed E-state index contributed by atoms with van der Waals surface area (Å²) in [5, 5.41) is 0. The van der Waals surface area contributed by atoms with Gasteiger partial charge in [-0.1, -0.05) is 101 Å². The van der Waals surface area contributed by atoms with E-state index in [1.165, 1.54) is 69.8 Å². The molecule has 1 aromatic carbocycles. The number of rotatable bonds is 12. The van der Waals surface area contributed by atoms with E-state index in [0.29, 0.717) is 0 Å². The smallest absolute Gasteiger partial charge is 0.0294 e. The normalized spacial score (nSPS) is 11.9. The van der Waals surface area contributed by atoms with Crippen molar-refractivity contribution in [1.29, 1.82) is 0 Å². The van der Waals surface area contributed by atoms with Crippen molar-refractivity contribution in [2.45, 2.75) is 83.6 Å². The molecule has 1 nitrogen and oxygen atoms in total. The SMILES string of the molecule is CCCCCCCCCCCCC(N)c1ccccc1.Cl. The maximum atomic E-state index is 6.20. The molecule has 0 bridgehead atoms. The lowest BCUT2D eigenvalue weighted by Gasteiger charge is -2.11. The molecule has 0 heterocycles. The van der Waals surface area contributed by atoms with Crippen molar-refractivity contribution < 1.29 is 0 Å². The van der Waals surface area contributed by atoms with Crippen molar-refractivity contribution in [3.05, 3.63) is 35.9 Å². The van der Waals surface area contributed by atoms with E-state index in [-0.39, 0.29) is 18.4 Å². The van der Waals surface area contributed by atoms with Crippen LogP contribution in [0.15, 0.2) is 30.3 Å². The maximum absolute atomic E-state index is 6.20. The molecule has 2 heteroatoms. The minimum Gasteiger partial charge on any atom is -0.324 e. The van der Waals surface area contributed by atoms with E-state index in [0.717, 1.165) is 6.42 Å². The fourth-order valence-electron chi connectivity index (χ4n) is 2.72. The van der Waals surface area contributed by atoms with Crippen LogP contribution >= 0.6 is 12.4 Å². The number of hydrogen-bond donors (Lipinski definition) is 1. The van der Waals surface area contributed by atoms with Gasteiger partial charge in [-0.2, -0.15) is 0 Å². The quantitative estimate of drug-likeness (QED) is 0.443. The molecule has 0 aliphatic carbocycles. The highest BCUT2D eigenvalue weighted by Gasteiger charge is 2.04. The summed E-state index contributed by atoms with van der Waals surface area (Å²) in [6.45, 7) is 2.28. The molecule has 122 valence electrons. The van der Waals surface area contributed by atoms with Gasteiger partial charge in [0.15, 0.2) is 0 Å². The van der Waals surface area contributed by atoms with Crippen molar-refractivity contribution in [3.8, 4) is 0 Å². The first-order chi connectivity index (χ1) is 9.84. The zero-order valence-corrected chi connectivity index (χ0v) is 14.5. The third-order valence-electron chi connectivity index (χ3n) is 4.10. The first kappa shape index (κ1) is 20.5. The molecule has 0 aliphatic heterocycles. The Morgan fingerprint density at radius 2 is 1.24 bits per heavy atom. The molecule has 0 aliphatic rings. The molecule has 0 saturated carbocycles. The average Bonchev–Trinajstić information content (AvgIpc) is 2.50. The zero-order valence-electron chi connectivity index (χ0n) is 13.7. The summed E-state index contributed by atoms with van der Waals surface area (Å²) in [7, 11) is 0. The molecule has 0 fully saturated rings. The van der Waals surface area contributed by atoms with Crippen LogP contribution in [0.25, 0.3) is 0 Å². The van der Waals surface area contributed by atoms with Gasteiger partial charge >= 0.3 is 0 Å². The number of unbranched alkanes of at least 4 members (excludes halogenated alkanes) is 9. The van der Waals surface area contributed by atoms with Crippen molar-refractivity contribution in [2.75, 3.05) is 0 Å². The van der Waals surface area contributed by atoms with E-state index < -0.39 is 0 Å². The summed E-state index contributed by atoms with van der Waals surface area (Å²) >= 11 is 0. The Bertz CT molecular complexity index is 313. The number of halogens is 1. The van der Waals surface area contributed by atoms with Crippen LogP contribution in [-0.2, 0) is 0 Å². The number of nitrogens with two attached hydrogens (primary N) is 1. The molecule has 0 radical (unpaired) electrons. The summed E-state index contributed by atoms with van der Waals surface area (Å²) in [6.07, 6.45) is 15.0. The molecule has 0 saturated heterocycles. The Kier molecular flexibility index (Phi) is 14.0. The van der Waals surface area contributed by atoms with Gasteiger partial charge in [-0.25, -0.2) is 0 Å². The fourth-order valence-corrected chi connectivity index (χ4v) is 2.72. The molecule has 1 rings (SSSR count). The van der Waals surface area contributed by atoms with Crippen LogP contribution in [0.3, 0.4) is 0 Å². The fraction of sp³-hybridized carbons (Fsp3) is 0.684. The first-order valence-electron chi connectivity index (χ1n) is 8.65. The highest BCUT2D eigenvalue weighted by atomic mass is 35.5. The monoisotopic (exact) mass is 311 g/mol. The second kappa shape index (κ2) is 14.4. The first-order valence-corrected chi connectivity index (χ1v) is 8.65.